The van der Waals surface area contributed by atoms with Gasteiger partial charge in [0.2, 0.25) is 11.8 Å². The molecule has 136 valence electrons. The average Bonchev–Trinajstić information content (AvgIpc) is 3.02. The van der Waals surface area contributed by atoms with Crippen molar-refractivity contribution in [1.82, 2.24) is 9.80 Å². The van der Waals surface area contributed by atoms with Crippen LogP contribution >= 0.6 is 0 Å². The third-order valence-electron chi connectivity index (χ3n) is 5.19. The van der Waals surface area contributed by atoms with Gasteiger partial charge >= 0.3 is 0 Å². The van der Waals surface area contributed by atoms with Crippen molar-refractivity contribution >= 4 is 11.8 Å². The zero-order valence-electron chi connectivity index (χ0n) is 14.3. The molecule has 0 aliphatic carbocycles. The van der Waals surface area contributed by atoms with Crippen molar-refractivity contribution in [2.24, 2.45) is 5.41 Å². The summed E-state index contributed by atoms with van der Waals surface area (Å²) in [7, 11) is 1.46. The molecule has 1 spiro atoms. The fraction of sp³-hybridized carbons (Fsp3) is 0.556. The molecule has 2 aliphatic heterocycles. The van der Waals surface area contributed by atoms with Crippen LogP contribution in [-0.4, -0.2) is 55.0 Å². The van der Waals surface area contributed by atoms with E-state index in [0.29, 0.717) is 32.5 Å². The van der Waals surface area contributed by atoms with Gasteiger partial charge in [-0.05, 0) is 25.3 Å². The van der Waals surface area contributed by atoms with Gasteiger partial charge in [0.15, 0.2) is 11.6 Å². The van der Waals surface area contributed by atoms with Crippen LogP contribution in [0.3, 0.4) is 0 Å². The van der Waals surface area contributed by atoms with E-state index in [2.05, 4.69) is 0 Å². The number of ether oxygens (including phenoxy) is 1. The molecule has 0 saturated carbocycles. The minimum atomic E-state index is -0.908. The van der Waals surface area contributed by atoms with Gasteiger partial charge in [-0.1, -0.05) is 12.1 Å². The second-order valence-electron chi connectivity index (χ2n) is 6.82. The van der Waals surface area contributed by atoms with Crippen molar-refractivity contribution in [3.63, 3.8) is 0 Å². The highest BCUT2D eigenvalue weighted by molar-refractivity contribution is 5.86. The number of benzene rings is 1. The topological polar surface area (TPSA) is 49.9 Å². The lowest BCUT2D eigenvalue weighted by molar-refractivity contribution is -0.147. The molecule has 0 bridgehead atoms. The maximum Gasteiger partial charge on any atom is 0.248 e. The Bertz CT molecular complexity index is 682. The molecule has 0 N–H and O–H groups in total. The lowest BCUT2D eigenvalue weighted by atomic mass is 9.78. The van der Waals surface area contributed by atoms with Crippen LogP contribution in [-0.2, 0) is 20.9 Å². The van der Waals surface area contributed by atoms with Crippen LogP contribution in [0.2, 0.25) is 0 Å². The fourth-order valence-corrected chi connectivity index (χ4v) is 3.86. The summed E-state index contributed by atoms with van der Waals surface area (Å²) in [6.45, 7) is 1.47. The number of rotatable bonds is 4. The molecule has 5 nitrogen and oxygen atoms in total. The summed E-state index contributed by atoms with van der Waals surface area (Å²) in [4.78, 5) is 28.3. The van der Waals surface area contributed by atoms with Crippen molar-refractivity contribution in [3.05, 3.63) is 35.4 Å². The minimum Gasteiger partial charge on any atom is -0.375 e. The number of methoxy groups -OCH3 is 1. The van der Waals surface area contributed by atoms with Gasteiger partial charge in [-0.15, -0.1) is 0 Å². The number of carbonyl (C=O) groups is 2. The smallest absolute Gasteiger partial charge is 0.248 e. The summed E-state index contributed by atoms with van der Waals surface area (Å²) in [5, 5.41) is 0. The predicted molar refractivity (Wildman–Crippen MR) is 86.5 cm³/mol. The van der Waals surface area contributed by atoms with E-state index in [9.17, 15) is 18.4 Å². The number of halogens is 2. The van der Waals surface area contributed by atoms with Crippen LogP contribution in [0.25, 0.3) is 0 Å². The summed E-state index contributed by atoms with van der Waals surface area (Å²) in [5.41, 5.74) is -0.429. The van der Waals surface area contributed by atoms with Crippen LogP contribution < -0.4 is 0 Å². The summed E-state index contributed by atoms with van der Waals surface area (Å²) in [6.07, 6.45) is 2.10. The number of likely N-dealkylation sites (tertiary alicyclic amines) is 2. The molecule has 2 fully saturated rings. The first-order chi connectivity index (χ1) is 12.0. The normalized spacial score (nSPS) is 23.6. The zero-order chi connectivity index (χ0) is 18.0. The maximum absolute atomic E-state index is 13.9. The molecule has 1 atom stereocenters. The summed E-state index contributed by atoms with van der Waals surface area (Å²) >= 11 is 0. The summed E-state index contributed by atoms with van der Waals surface area (Å²) in [6, 6.07) is 4.00. The zero-order valence-corrected chi connectivity index (χ0v) is 14.3. The molecule has 1 aromatic rings. The van der Waals surface area contributed by atoms with Gasteiger partial charge in [0, 0.05) is 38.9 Å². The third-order valence-corrected chi connectivity index (χ3v) is 5.19. The first-order valence-electron chi connectivity index (χ1n) is 8.46. The average molecular weight is 352 g/mol. The number of piperidine rings is 1. The van der Waals surface area contributed by atoms with E-state index in [4.69, 9.17) is 4.74 Å². The van der Waals surface area contributed by atoms with E-state index in [1.165, 1.54) is 19.2 Å². The fourth-order valence-electron chi connectivity index (χ4n) is 3.86. The Morgan fingerprint density at radius 1 is 1.28 bits per heavy atom. The van der Waals surface area contributed by atoms with Crippen LogP contribution in [0.4, 0.5) is 8.78 Å². The van der Waals surface area contributed by atoms with Crippen LogP contribution in [0, 0.1) is 17.0 Å². The van der Waals surface area contributed by atoms with Gasteiger partial charge in [-0.25, -0.2) is 8.78 Å². The quantitative estimate of drug-likeness (QED) is 0.832. The van der Waals surface area contributed by atoms with Crippen molar-refractivity contribution in [1.29, 1.82) is 0 Å². The third kappa shape index (κ3) is 3.38. The second kappa shape index (κ2) is 7.07. The number of hydrogen-bond acceptors (Lipinski definition) is 3. The number of amides is 2. The molecule has 25 heavy (non-hydrogen) atoms. The van der Waals surface area contributed by atoms with Gasteiger partial charge in [-0.3, -0.25) is 9.59 Å². The summed E-state index contributed by atoms with van der Waals surface area (Å²) in [5.74, 6) is -2.01. The Kier molecular flexibility index (Phi) is 5.03. The number of hydrogen-bond donors (Lipinski definition) is 0. The van der Waals surface area contributed by atoms with Gasteiger partial charge in [0.25, 0.3) is 0 Å². The van der Waals surface area contributed by atoms with Gasteiger partial charge in [0.05, 0.1) is 5.41 Å². The standard InChI is InChI=1S/C18H22F2N2O3/c1-25-11-15(23)22-9-7-18(12-22)6-3-8-21(17(18)24)10-13-4-2-5-14(19)16(13)20/h2,4-5H,3,6-12H2,1H3/t18-/m1/s1. The van der Waals surface area contributed by atoms with Crippen molar-refractivity contribution in [2.75, 3.05) is 33.4 Å². The highest BCUT2D eigenvalue weighted by atomic mass is 19.2. The van der Waals surface area contributed by atoms with Crippen LogP contribution in [0.5, 0.6) is 0 Å². The molecule has 7 heteroatoms. The van der Waals surface area contributed by atoms with E-state index in [1.807, 2.05) is 0 Å². The maximum atomic E-state index is 13.9. The first-order valence-corrected chi connectivity index (χ1v) is 8.46. The number of carbonyl (C=O) groups excluding carboxylic acids is 2. The van der Waals surface area contributed by atoms with E-state index in [1.54, 1.807) is 9.80 Å². The Morgan fingerprint density at radius 2 is 2.08 bits per heavy atom. The Labute approximate surface area is 145 Å². The van der Waals surface area contributed by atoms with Crippen molar-refractivity contribution in [2.45, 2.75) is 25.8 Å². The highest BCUT2D eigenvalue weighted by Gasteiger charge is 2.49. The monoisotopic (exact) mass is 352 g/mol. The molecular formula is C18H22F2N2O3. The van der Waals surface area contributed by atoms with Crippen LogP contribution in [0.15, 0.2) is 18.2 Å². The largest absolute Gasteiger partial charge is 0.375 e. The molecule has 2 aliphatic rings. The molecule has 2 heterocycles. The summed E-state index contributed by atoms with van der Waals surface area (Å²) < 4.78 is 32.2. The Hall–Kier alpha value is -2.02. The van der Waals surface area contributed by atoms with E-state index in [-0.39, 0.29) is 30.5 Å². The SMILES string of the molecule is COCC(=O)N1CC[C@]2(CCCN(Cc3cccc(F)c3F)C2=O)C1. The lowest BCUT2D eigenvalue weighted by Gasteiger charge is -2.39. The van der Waals surface area contributed by atoms with E-state index < -0.39 is 17.0 Å². The molecule has 2 amide bonds. The molecule has 0 radical (unpaired) electrons. The highest BCUT2D eigenvalue weighted by Crippen LogP contribution is 2.40. The van der Waals surface area contributed by atoms with Gasteiger partial charge in [0.1, 0.15) is 6.61 Å². The molecular weight excluding hydrogens is 330 g/mol. The molecule has 0 aromatic heterocycles. The first kappa shape index (κ1) is 17.8. The molecule has 1 aromatic carbocycles. The van der Waals surface area contributed by atoms with Gasteiger partial charge in [-0.2, -0.15) is 0 Å². The Morgan fingerprint density at radius 3 is 2.84 bits per heavy atom. The van der Waals surface area contributed by atoms with Crippen molar-refractivity contribution in [3.8, 4) is 0 Å². The minimum absolute atomic E-state index is 0.00247. The lowest BCUT2D eigenvalue weighted by Crippen LogP contribution is -2.50. The van der Waals surface area contributed by atoms with Gasteiger partial charge < -0.3 is 14.5 Å². The predicted octanol–water partition coefficient (Wildman–Crippen LogP) is 1.95. The van der Waals surface area contributed by atoms with E-state index >= 15 is 0 Å². The van der Waals surface area contributed by atoms with E-state index in [0.717, 1.165) is 12.5 Å². The Balaban J connectivity index is 1.73. The van der Waals surface area contributed by atoms with Crippen LogP contribution in [0.1, 0.15) is 24.8 Å². The molecule has 0 unspecified atom stereocenters. The molecule has 2 saturated heterocycles. The number of nitrogens with zero attached hydrogens (tertiary/aromatic N) is 2. The van der Waals surface area contributed by atoms with Crippen molar-refractivity contribution < 1.29 is 23.1 Å². The second-order valence-corrected chi connectivity index (χ2v) is 6.82. The molecule has 3 rings (SSSR count).